The van der Waals surface area contributed by atoms with Gasteiger partial charge in [0.1, 0.15) is 0 Å². The highest BCUT2D eigenvalue weighted by Gasteiger charge is 2.37. The third kappa shape index (κ3) is 2.57. The average Bonchev–Trinajstić information content (AvgIpc) is 2.15. The van der Waals surface area contributed by atoms with Crippen LogP contribution in [0, 0.1) is 29.1 Å². The van der Waals surface area contributed by atoms with Crippen LogP contribution < -0.4 is 0 Å². The van der Waals surface area contributed by atoms with Gasteiger partial charge >= 0.3 is 0 Å². The lowest BCUT2D eigenvalue weighted by atomic mass is 9.60. The van der Waals surface area contributed by atoms with Crippen molar-refractivity contribution in [1.82, 2.24) is 0 Å². The van der Waals surface area contributed by atoms with Gasteiger partial charge < -0.3 is 0 Å². The van der Waals surface area contributed by atoms with Crippen LogP contribution in [0.1, 0.15) is 66.2 Å². The van der Waals surface area contributed by atoms with Crippen LogP contribution in [0.15, 0.2) is 0 Å². The molecule has 0 bridgehead atoms. The first-order valence-electron chi connectivity index (χ1n) is 6.97. The zero-order valence-corrected chi connectivity index (χ0v) is 11.1. The first kappa shape index (κ1) is 11.5. The van der Waals surface area contributed by atoms with Crippen molar-refractivity contribution in [3.8, 4) is 0 Å². The molecule has 0 heterocycles. The maximum absolute atomic E-state index is 2.45. The lowest BCUT2D eigenvalue weighted by Crippen LogP contribution is -2.34. The van der Waals surface area contributed by atoms with Gasteiger partial charge in [-0.15, -0.1) is 0 Å². The largest absolute Gasteiger partial charge is 0.0625 e. The summed E-state index contributed by atoms with van der Waals surface area (Å²) < 4.78 is 0. The third-order valence-electron chi connectivity index (χ3n) is 5.10. The minimum absolute atomic E-state index is 0.550. The number of rotatable bonds is 0. The monoisotopic (exact) mass is 208 g/mol. The van der Waals surface area contributed by atoms with Gasteiger partial charge in [-0.25, -0.2) is 0 Å². The van der Waals surface area contributed by atoms with Gasteiger partial charge in [0.2, 0.25) is 0 Å². The second-order valence-electron chi connectivity index (χ2n) is 7.31. The highest BCUT2D eigenvalue weighted by atomic mass is 14.4. The van der Waals surface area contributed by atoms with Crippen LogP contribution in [-0.2, 0) is 0 Å². The zero-order chi connectivity index (χ0) is 11.1. The van der Waals surface area contributed by atoms with Crippen molar-refractivity contribution in [2.75, 3.05) is 0 Å². The summed E-state index contributed by atoms with van der Waals surface area (Å²) >= 11 is 0. The van der Waals surface area contributed by atoms with Gasteiger partial charge in [0.05, 0.1) is 0 Å². The molecular formula is C15H28. The molecule has 2 aliphatic carbocycles. The smallest absolute Gasteiger partial charge is 0.0354 e. The molecule has 0 aliphatic heterocycles. The Bertz CT molecular complexity index is 211. The van der Waals surface area contributed by atoms with Gasteiger partial charge in [0.25, 0.3) is 0 Å². The van der Waals surface area contributed by atoms with Crippen molar-refractivity contribution in [3.05, 3.63) is 0 Å². The van der Waals surface area contributed by atoms with E-state index in [9.17, 15) is 0 Å². The van der Waals surface area contributed by atoms with Crippen molar-refractivity contribution in [3.63, 3.8) is 0 Å². The molecule has 0 aromatic heterocycles. The van der Waals surface area contributed by atoms with Crippen molar-refractivity contribution >= 4 is 0 Å². The van der Waals surface area contributed by atoms with E-state index >= 15 is 0 Å². The topological polar surface area (TPSA) is 0 Å². The van der Waals surface area contributed by atoms with Gasteiger partial charge in [-0.2, -0.15) is 0 Å². The van der Waals surface area contributed by atoms with Gasteiger partial charge in [0, 0.05) is 0 Å². The normalized spacial score (nSPS) is 42.4. The SMILES string of the molecule is CC1CCC2CC(C(C)(C)C)CCC2C1. The standard InChI is InChI=1S/C15H28/c1-11-5-6-13-10-14(15(2,3)4)8-7-12(13)9-11/h11-14H,5-10H2,1-4H3. The number of hydrogen-bond donors (Lipinski definition) is 0. The molecule has 0 spiro atoms. The molecule has 0 radical (unpaired) electrons. The quantitative estimate of drug-likeness (QED) is 0.532. The fourth-order valence-corrected chi connectivity index (χ4v) is 3.91. The second kappa shape index (κ2) is 4.11. The van der Waals surface area contributed by atoms with Crippen LogP contribution in [0.5, 0.6) is 0 Å². The van der Waals surface area contributed by atoms with Gasteiger partial charge in [-0.05, 0) is 61.2 Å². The fourth-order valence-electron chi connectivity index (χ4n) is 3.91. The molecule has 2 saturated carbocycles. The fraction of sp³-hybridized carbons (Fsp3) is 1.00. The lowest BCUT2D eigenvalue weighted by Gasteiger charge is -2.45. The van der Waals surface area contributed by atoms with E-state index in [-0.39, 0.29) is 0 Å². The Labute approximate surface area is 95.8 Å². The molecule has 0 heteroatoms. The summed E-state index contributed by atoms with van der Waals surface area (Å²) in [6, 6.07) is 0. The molecule has 4 atom stereocenters. The van der Waals surface area contributed by atoms with Gasteiger partial charge in [-0.1, -0.05) is 34.1 Å². The van der Waals surface area contributed by atoms with E-state index in [1.165, 1.54) is 38.5 Å². The predicted molar refractivity (Wildman–Crippen MR) is 66.8 cm³/mol. The summed E-state index contributed by atoms with van der Waals surface area (Å²) in [5.74, 6) is 4.18. The average molecular weight is 208 g/mol. The molecule has 0 aromatic carbocycles. The van der Waals surface area contributed by atoms with E-state index in [0.29, 0.717) is 5.41 Å². The summed E-state index contributed by atoms with van der Waals surface area (Å²) in [5, 5.41) is 0. The highest BCUT2D eigenvalue weighted by Crippen LogP contribution is 2.48. The maximum atomic E-state index is 2.45. The molecule has 2 fully saturated rings. The number of fused-ring (bicyclic) bond motifs is 1. The minimum atomic E-state index is 0.550. The van der Waals surface area contributed by atoms with E-state index in [4.69, 9.17) is 0 Å². The maximum Gasteiger partial charge on any atom is -0.0354 e. The molecule has 0 N–H and O–H groups in total. The van der Waals surface area contributed by atoms with Crippen molar-refractivity contribution in [2.45, 2.75) is 66.2 Å². The summed E-state index contributed by atoms with van der Waals surface area (Å²) in [6.45, 7) is 9.75. The van der Waals surface area contributed by atoms with Gasteiger partial charge in [-0.3, -0.25) is 0 Å². The first-order valence-corrected chi connectivity index (χ1v) is 6.97. The van der Waals surface area contributed by atoms with Crippen LogP contribution in [0.2, 0.25) is 0 Å². The first-order chi connectivity index (χ1) is 6.97. The molecule has 0 nitrogen and oxygen atoms in total. The molecule has 4 unspecified atom stereocenters. The Morgan fingerprint density at radius 1 is 0.800 bits per heavy atom. The number of hydrogen-bond acceptors (Lipinski definition) is 0. The van der Waals surface area contributed by atoms with Crippen LogP contribution in [0.3, 0.4) is 0 Å². The predicted octanol–water partition coefficient (Wildman–Crippen LogP) is 4.89. The summed E-state index contributed by atoms with van der Waals surface area (Å²) in [6.07, 6.45) is 9.10. The molecule has 2 rings (SSSR count). The Kier molecular flexibility index (Phi) is 3.14. The Balaban J connectivity index is 1.95. The second-order valence-corrected chi connectivity index (χ2v) is 7.31. The molecule has 0 amide bonds. The van der Waals surface area contributed by atoms with E-state index in [1.807, 2.05) is 0 Å². The van der Waals surface area contributed by atoms with E-state index in [0.717, 1.165) is 23.7 Å². The van der Waals surface area contributed by atoms with Crippen LogP contribution in [0.25, 0.3) is 0 Å². The van der Waals surface area contributed by atoms with Crippen molar-refractivity contribution in [2.24, 2.45) is 29.1 Å². The molecule has 0 saturated heterocycles. The van der Waals surface area contributed by atoms with E-state index in [2.05, 4.69) is 27.7 Å². The Morgan fingerprint density at radius 3 is 2.07 bits per heavy atom. The van der Waals surface area contributed by atoms with Crippen molar-refractivity contribution < 1.29 is 0 Å². The third-order valence-corrected chi connectivity index (χ3v) is 5.10. The van der Waals surface area contributed by atoms with Gasteiger partial charge in [0.15, 0.2) is 0 Å². The molecular weight excluding hydrogens is 180 g/mol. The Hall–Kier alpha value is 0. The zero-order valence-electron chi connectivity index (χ0n) is 11.1. The van der Waals surface area contributed by atoms with Crippen molar-refractivity contribution in [1.29, 1.82) is 0 Å². The van der Waals surface area contributed by atoms with Crippen LogP contribution in [-0.4, -0.2) is 0 Å². The molecule has 0 aromatic rings. The van der Waals surface area contributed by atoms with E-state index < -0.39 is 0 Å². The van der Waals surface area contributed by atoms with Crippen LogP contribution in [0.4, 0.5) is 0 Å². The van der Waals surface area contributed by atoms with Crippen LogP contribution >= 0.6 is 0 Å². The van der Waals surface area contributed by atoms with E-state index in [1.54, 1.807) is 0 Å². The molecule has 2 aliphatic rings. The molecule has 15 heavy (non-hydrogen) atoms. The summed E-state index contributed by atoms with van der Waals surface area (Å²) in [5.41, 5.74) is 0.550. The lowest BCUT2D eigenvalue weighted by molar-refractivity contribution is 0.0571. The summed E-state index contributed by atoms with van der Waals surface area (Å²) in [4.78, 5) is 0. The Morgan fingerprint density at radius 2 is 1.40 bits per heavy atom. The highest BCUT2D eigenvalue weighted by molar-refractivity contribution is 4.88. The summed E-state index contributed by atoms with van der Waals surface area (Å²) in [7, 11) is 0. The minimum Gasteiger partial charge on any atom is -0.0625 e. The molecule has 88 valence electrons.